The Kier molecular flexibility index (Phi) is 5.11. The lowest BCUT2D eigenvalue weighted by molar-refractivity contribution is 0.584. The zero-order chi connectivity index (χ0) is 18.7. The summed E-state index contributed by atoms with van der Waals surface area (Å²) in [4.78, 5) is 2.40. The van der Waals surface area contributed by atoms with Crippen molar-refractivity contribution in [2.24, 2.45) is 5.10 Å². The van der Waals surface area contributed by atoms with Gasteiger partial charge in [0, 0.05) is 16.1 Å². The van der Waals surface area contributed by atoms with E-state index in [-0.39, 0.29) is 4.90 Å². The predicted molar refractivity (Wildman–Crippen MR) is 103 cm³/mol. The van der Waals surface area contributed by atoms with Crippen LogP contribution >= 0.6 is 11.6 Å². The van der Waals surface area contributed by atoms with Crippen LogP contribution in [0.4, 0.5) is 0 Å². The van der Waals surface area contributed by atoms with Gasteiger partial charge in [-0.1, -0.05) is 29.8 Å². The molecule has 0 atom stereocenters. The zero-order valence-corrected chi connectivity index (χ0v) is 15.8. The quantitative estimate of drug-likeness (QED) is 0.516. The van der Waals surface area contributed by atoms with Gasteiger partial charge in [-0.15, -0.1) is 0 Å². The van der Waals surface area contributed by atoms with Crippen molar-refractivity contribution in [1.29, 1.82) is 0 Å². The second kappa shape index (κ2) is 7.31. The topological polar surface area (TPSA) is 87.2 Å². The first-order valence-corrected chi connectivity index (χ1v) is 9.64. The molecule has 6 nitrogen and oxygen atoms in total. The molecule has 0 bridgehead atoms. The number of aromatic amines is 1. The van der Waals surface area contributed by atoms with Gasteiger partial charge in [0.1, 0.15) is 0 Å². The van der Waals surface area contributed by atoms with Gasteiger partial charge in [-0.2, -0.15) is 18.6 Å². The summed E-state index contributed by atoms with van der Waals surface area (Å²) in [5, 5.41) is 11.4. The van der Waals surface area contributed by atoms with E-state index >= 15 is 0 Å². The van der Waals surface area contributed by atoms with Gasteiger partial charge in [0.25, 0.3) is 10.0 Å². The molecule has 0 fully saturated rings. The van der Waals surface area contributed by atoms with Crippen LogP contribution in [-0.2, 0) is 10.0 Å². The Balaban J connectivity index is 1.80. The number of hydrogen-bond donors (Lipinski definition) is 2. The lowest BCUT2D eigenvalue weighted by atomic mass is 10.1. The second-order valence-corrected chi connectivity index (χ2v) is 7.90. The van der Waals surface area contributed by atoms with Gasteiger partial charge in [0.2, 0.25) is 0 Å². The highest BCUT2D eigenvalue weighted by Crippen LogP contribution is 2.22. The number of benzene rings is 2. The highest BCUT2D eigenvalue weighted by atomic mass is 35.5. The number of halogens is 1. The summed E-state index contributed by atoms with van der Waals surface area (Å²) in [6.07, 6.45) is 2.98. The number of nitrogens with zero attached hydrogens (tertiary/aromatic N) is 2. The third-order valence-corrected chi connectivity index (χ3v) is 5.44. The van der Waals surface area contributed by atoms with Crippen LogP contribution in [0.2, 0.25) is 5.02 Å². The van der Waals surface area contributed by atoms with Crippen LogP contribution in [0.15, 0.2) is 58.7 Å². The second-order valence-electron chi connectivity index (χ2n) is 5.81. The molecule has 0 saturated carbocycles. The molecule has 0 unspecified atom stereocenters. The van der Waals surface area contributed by atoms with Gasteiger partial charge >= 0.3 is 0 Å². The predicted octanol–water partition coefficient (Wildman–Crippen LogP) is 3.66. The minimum Gasteiger partial charge on any atom is -0.277 e. The molecule has 0 aliphatic rings. The third kappa shape index (κ3) is 3.95. The Bertz CT molecular complexity index is 1060. The summed E-state index contributed by atoms with van der Waals surface area (Å²) in [5.74, 6) is 0. The lowest BCUT2D eigenvalue weighted by Crippen LogP contribution is -2.18. The molecule has 0 aliphatic carbocycles. The molecule has 0 amide bonds. The number of hydrogen-bond acceptors (Lipinski definition) is 4. The monoisotopic (exact) mass is 388 g/mol. The van der Waals surface area contributed by atoms with Crippen LogP contribution in [0, 0.1) is 13.8 Å². The van der Waals surface area contributed by atoms with Crippen molar-refractivity contribution in [2.75, 3.05) is 0 Å². The molecule has 1 heterocycles. The SMILES string of the molecule is Cc1ccc(S(=O)(=O)N/N=C\c2cn[nH]c2-c2ccc(Cl)cc2)cc1C. The van der Waals surface area contributed by atoms with Crippen molar-refractivity contribution < 1.29 is 8.42 Å². The lowest BCUT2D eigenvalue weighted by Gasteiger charge is -2.06. The number of H-pyrrole nitrogens is 1. The number of aryl methyl sites for hydroxylation is 2. The first-order valence-electron chi connectivity index (χ1n) is 7.78. The van der Waals surface area contributed by atoms with E-state index in [1.54, 1.807) is 36.5 Å². The van der Waals surface area contributed by atoms with Crippen molar-refractivity contribution >= 4 is 27.8 Å². The van der Waals surface area contributed by atoms with Gasteiger partial charge < -0.3 is 0 Å². The molecule has 8 heteroatoms. The minimum absolute atomic E-state index is 0.169. The maximum absolute atomic E-state index is 12.4. The molecule has 0 radical (unpaired) electrons. The molecule has 0 spiro atoms. The molecule has 1 aromatic heterocycles. The van der Waals surface area contributed by atoms with Gasteiger partial charge in [0.15, 0.2) is 0 Å². The fourth-order valence-corrected chi connectivity index (χ4v) is 3.34. The van der Waals surface area contributed by atoms with Crippen LogP contribution < -0.4 is 4.83 Å². The van der Waals surface area contributed by atoms with Crippen molar-refractivity contribution in [2.45, 2.75) is 18.7 Å². The van der Waals surface area contributed by atoms with Crippen molar-refractivity contribution in [3.05, 3.63) is 70.4 Å². The summed E-state index contributed by atoms with van der Waals surface area (Å²) in [7, 11) is -3.73. The summed E-state index contributed by atoms with van der Waals surface area (Å²) in [6.45, 7) is 3.79. The van der Waals surface area contributed by atoms with E-state index in [0.717, 1.165) is 22.4 Å². The zero-order valence-electron chi connectivity index (χ0n) is 14.2. The molecule has 0 aliphatic heterocycles. The molecule has 134 valence electrons. The first kappa shape index (κ1) is 18.2. The molecule has 2 aromatic carbocycles. The standard InChI is InChI=1S/C18H17ClN4O2S/c1-12-3-8-17(9-13(12)2)26(24,25)23-21-11-15-10-20-22-18(15)14-4-6-16(19)7-5-14/h3-11,23H,1-2H3,(H,20,22)/b21-11-. The summed E-state index contributed by atoms with van der Waals surface area (Å²) >= 11 is 5.90. The largest absolute Gasteiger partial charge is 0.277 e. The van der Waals surface area contributed by atoms with E-state index in [9.17, 15) is 8.42 Å². The van der Waals surface area contributed by atoms with Crippen molar-refractivity contribution in [1.82, 2.24) is 15.0 Å². The third-order valence-electron chi connectivity index (χ3n) is 3.97. The fourth-order valence-electron chi connectivity index (χ4n) is 2.34. The molecular formula is C18H17ClN4O2S. The van der Waals surface area contributed by atoms with Crippen LogP contribution in [0.5, 0.6) is 0 Å². The number of aromatic nitrogens is 2. The van der Waals surface area contributed by atoms with E-state index in [2.05, 4.69) is 20.1 Å². The number of hydrazone groups is 1. The van der Waals surface area contributed by atoms with Crippen LogP contribution in [-0.4, -0.2) is 24.8 Å². The minimum atomic E-state index is -3.73. The summed E-state index contributed by atoms with van der Waals surface area (Å²) in [5.41, 5.74) is 4.16. The van der Waals surface area contributed by atoms with Crippen LogP contribution in [0.25, 0.3) is 11.3 Å². The smallest absolute Gasteiger partial charge is 0.276 e. The average Bonchev–Trinajstić information content (AvgIpc) is 3.06. The summed E-state index contributed by atoms with van der Waals surface area (Å²) in [6, 6.07) is 12.1. The number of sulfonamides is 1. The Morgan fingerprint density at radius 1 is 1.12 bits per heavy atom. The van der Waals surface area contributed by atoms with Crippen LogP contribution in [0.3, 0.4) is 0 Å². The Morgan fingerprint density at radius 3 is 2.54 bits per heavy atom. The Hall–Kier alpha value is -2.64. The molecule has 0 saturated heterocycles. The highest BCUT2D eigenvalue weighted by Gasteiger charge is 2.13. The Labute approximate surface area is 157 Å². The number of nitrogens with one attached hydrogen (secondary N) is 2. The molecular weight excluding hydrogens is 372 g/mol. The molecule has 3 rings (SSSR count). The molecule has 2 N–H and O–H groups in total. The van der Waals surface area contributed by atoms with Gasteiger partial charge in [0.05, 0.1) is 23.0 Å². The van der Waals surface area contributed by atoms with Crippen LogP contribution in [0.1, 0.15) is 16.7 Å². The number of rotatable bonds is 5. The van der Waals surface area contributed by atoms with E-state index in [4.69, 9.17) is 11.6 Å². The van der Waals surface area contributed by atoms with Gasteiger partial charge in [-0.3, -0.25) is 5.10 Å². The van der Waals surface area contributed by atoms with E-state index in [1.807, 2.05) is 26.0 Å². The van der Waals surface area contributed by atoms with Gasteiger partial charge in [-0.05, 0) is 49.2 Å². The normalized spacial score (nSPS) is 11.8. The van der Waals surface area contributed by atoms with E-state index < -0.39 is 10.0 Å². The molecule has 26 heavy (non-hydrogen) atoms. The van der Waals surface area contributed by atoms with E-state index in [1.165, 1.54) is 6.21 Å². The molecule has 3 aromatic rings. The van der Waals surface area contributed by atoms with Gasteiger partial charge in [-0.25, -0.2) is 4.83 Å². The van der Waals surface area contributed by atoms with Crippen molar-refractivity contribution in [3.8, 4) is 11.3 Å². The maximum Gasteiger partial charge on any atom is 0.276 e. The maximum atomic E-state index is 12.4. The van der Waals surface area contributed by atoms with E-state index in [0.29, 0.717) is 10.6 Å². The first-order chi connectivity index (χ1) is 12.4. The highest BCUT2D eigenvalue weighted by molar-refractivity contribution is 7.89. The summed E-state index contributed by atoms with van der Waals surface area (Å²) < 4.78 is 24.7. The van der Waals surface area contributed by atoms with Crippen molar-refractivity contribution in [3.63, 3.8) is 0 Å². The fraction of sp³-hybridized carbons (Fsp3) is 0.111. The Morgan fingerprint density at radius 2 is 1.85 bits per heavy atom. The average molecular weight is 389 g/mol.